The number of thioether (sulfide) groups is 1. The lowest BCUT2D eigenvalue weighted by atomic mass is 10.1. The Labute approximate surface area is 228 Å². The van der Waals surface area contributed by atoms with E-state index in [-0.39, 0.29) is 4.91 Å². The Morgan fingerprint density at radius 2 is 1.70 bits per heavy atom. The molecule has 1 aliphatic rings. The first kappa shape index (κ1) is 25.2. The zero-order chi connectivity index (χ0) is 25.9. The lowest BCUT2D eigenvalue weighted by Crippen LogP contribution is -2.27. The Hall–Kier alpha value is -3.45. The van der Waals surface area contributed by atoms with E-state index in [0.717, 1.165) is 33.0 Å². The molecule has 0 aromatic heterocycles. The number of carbonyl (C=O) groups excluding carboxylic acids is 2. The number of hydrogen-bond acceptors (Lipinski definition) is 5. The first-order valence-corrected chi connectivity index (χ1v) is 13.1. The minimum Gasteiger partial charge on any atom is -0.490 e. The smallest absolute Gasteiger partial charge is 0.298 e. The lowest BCUT2D eigenvalue weighted by molar-refractivity contribution is -0.113. The van der Waals surface area contributed by atoms with Gasteiger partial charge in [-0.2, -0.15) is 0 Å². The number of rotatable bonds is 7. The van der Waals surface area contributed by atoms with Gasteiger partial charge in [-0.05, 0) is 83.1 Å². The number of carbonyl (C=O) groups is 2. The average molecular weight is 550 g/mol. The Morgan fingerprint density at radius 1 is 0.892 bits per heavy atom. The van der Waals surface area contributed by atoms with E-state index in [9.17, 15) is 9.59 Å². The molecule has 1 aliphatic heterocycles. The maximum absolute atomic E-state index is 13.0. The van der Waals surface area contributed by atoms with E-state index >= 15 is 0 Å². The fraction of sp³-hybridized carbons (Fsp3) is 0.103. The molecule has 5 nitrogen and oxygen atoms in total. The predicted molar refractivity (Wildman–Crippen MR) is 151 cm³/mol. The quantitative estimate of drug-likeness (QED) is 0.217. The van der Waals surface area contributed by atoms with E-state index in [1.165, 1.54) is 0 Å². The molecule has 0 aliphatic carbocycles. The molecular weight excluding hydrogens is 529 g/mol. The standard InChI is InChI=1S/C29H21Cl2NO4S/c1-2-35-25-14-19(15-26-28(33)32(29(34)37-26)23-9-5-8-22(30)16-23)13-24(31)27(25)36-17-18-10-11-20-6-3-4-7-21(20)12-18/h3-16H,2,17H2,1H3/b26-15+. The predicted octanol–water partition coefficient (Wildman–Crippen LogP) is 8.37. The highest BCUT2D eigenvalue weighted by Crippen LogP contribution is 2.40. The van der Waals surface area contributed by atoms with Gasteiger partial charge >= 0.3 is 0 Å². The van der Waals surface area contributed by atoms with Crippen molar-refractivity contribution in [1.29, 1.82) is 0 Å². The number of amides is 2. The van der Waals surface area contributed by atoms with Crippen LogP contribution in [0.3, 0.4) is 0 Å². The fourth-order valence-corrected chi connectivity index (χ4v) is 5.31. The summed E-state index contributed by atoms with van der Waals surface area (Å²) in [5, 5.41) is 2.66. The van der Waals surface area contributed by atoms with Crippen LogP contribution in [-0.2, 0) is 11.4 Å². The van der Waals surface area contributed by atoms with Gasteiger partial charge in [0.2, 0.25) is 0 Å². The Balaban J connectivity index is 1.40. The van der Waals surface area contributed by atoms with Crippen LogP contribution >= 0.6 is 35.0 Å². The van der Waals surface area contributed by atoms with Gasteiger partial charge < -0.3 is 9.47 Å². The van der Waals surface area contributed by atoms with Gasteiger partial charge in [0, 0.05) is 5.02 Å². The van der Waals surface area contributed by atoms with Crippen LogP contribution < -0.4 is 14.4 Å². The summed E-state index contributed by atoms with van der Waals surface area (Å²) in [5.74, 6) is 0.444. The van der Waals surface area contributed by atoms with Crippen LogP contribution in [0, 0.1) is 0 Å². The average Bonchev–Trinajstić information content (AvgIpc) is 3.16. The van der Waals surface area contributed by atoms with Gasteiger partial charge in [0.05, 0.1) is 22.2 Å². The summed E-state index contributed by atoms with van der Waals surface area (Å²) < 4.78 is 11.9. The molecule has 1 fully saturated rings. The van der Waals surface area contributed by atoms with Crippen LogP contribution in [0.4, 0.5) is 10.5 Å². The molecule has 0 unspecified atom stereocenters. The molecule has 8 heteroatoms. The van der Waals surface area contributed by atoms with Crippen molar-refractivity contribution < 1.29 is 19.1 Å². The second-order valence-electron chi connectivity index (χ2n) is 8.23. The third-order valence-electron chi connectivity index (χ3n) is 5.69. The second kappa shape index (κ2) is 10.9. The van der Waals surface area contributed by atoms with E-state index in [1.807, 2.05) is 25.1 Å². The normalized spacial score (nSPS) is 14.6. The zero-order valence-corrected chi connectivity index (χ0v) is 22.1. The SMILES string of the molecule is CCOc1cc(/C=C2/SC(=O)N(c3cccc(Cl)c3)C2=O)cc(Cl)c1OCc1ccc2ccccc2c1. The summed E-state index contributed by atoms with van der Waals surface area (Å²) in [6.45, 7) is 2.57. The second-order valence-corrected chi connectivity index (χ2v) is 10.1. The van der Waals surface area contributed by atoms with Crippen molar-refractivity contribution in [2.75, 3.05) is 11.5 Å². The maximum Gasteiger partial charge on any atom is 0.298 e. The summed E-state index contributed by atoms with van der Waals surface area (Å²) in [4.78, 5) is 27.0. The van der Waals surface area contributed by atoms with Crippen LogP contribution in [0.25, 0.3) is 16.8 Å². The van der Waals surface area contributed by atoms with Gasteiger partial charge in [-0.15, -0.1) is 0 Å². The van der Waals surface area contributed by atoms with Crippen molar-refractivity contribution in [2.24, 2.45) is 0 Å². The van der Waals surface area contributed by atoms with Gasteiger partial charge in [-0.25, -0.2) is 4.90 Å². The molecule has 0 radical (unpaired) electrons. The molecule has 5 rings (SSSR count). The number of ether oxygens (including phenoxy) is 2. The number of benzene rings is 4. The number of halogens is 2. The molecule has 4 aromatic carbocycles. The number of hydrogen-bond donors (Lipinski definition) is 0. The molecule has 4 aromatic rings. The number of nitrogens with zero attached hydrogens (tertiary/aromatic N) is 1. The molecule has 186 valence electrons. The molecule has 0 bridgehead atoms. The Kier molecular flexibility index (Phi) is 7.42. The van der Waals surface area contributed by atoms with Crippen LogP contribution in [0.15, 0.2) is 83.8 Å². The maximum atomic E-state index is 13.0. The molecule has 37 heavy (non-hydrogen) atoms. The van der Waals surface area contributed by atoms with E-state index in [2.05, 4.69) is 24.3 Å². The van der Waals surface area contributed by atoms with Crippen LogP contribution in [0.2, 0.25) is 10.0 Å². The fourth-order valence-electron chi connectivity index (χ4n) is 4.02. The lowest BCUT2D eigenvalue weighted by Gasteiger charge is -2.15. The molecular formula is C29H21Cl2NO4S. The summed E-state index contributed by atoms with van der Waals surface area (Å²) in [5.41, 5.74) is 2.03. The summed E-state index contributed by atoms with van der Waals surface area (Å²) in [6, 6.07) is 24.3. The van der Waals surface area contributed by atoms with E-state index in [4.69, 9.17) is 32.7 Å². The zero-order valence-electron chi connectivity index (χ0n) is 19.7. The monoisotopic (exact) mass is 549 g/mol. The highest BCUT2D eigenvalue weighted by molar-refractivity contribution is 8.19. The third kappa shape index (κ3) is 5.47. The first-order chi connectivity index (χ1) is 17.9. The van der Waals surface area contributed by atoms with Crippen LogP contribution in [-0.4, -0.2) is 17.8 Å². The highest BCUT2D eigenvalue weighted by atomic mass is 35.5. The molecule has 2 amide bonds. The minimum absolute atomic E-state index is 0.272. The van der Waals surface area contributed by atoms with E-state index in [1.54, 1.807) is 42.5 Å². The van der Waals surface area contributed by atoms with Crippen molar-refractivity contribution in [3.05, 3.63) is 105 Å². The van der Waals surface area contributed by atoms with E-state index < -0.39 is 11.1 Å². The molecule has 0 N–H and O–H groups in total. The third-order valence-corrected chi connectivity index (χ3v) is 7.07. The number of anilines is 1. The van der Waals surface area contributed by atoms with Crippen molar-refractivity contribution in [3.63, 3.8) is 0 Å². The van der Waals surface area contributed by atoms with Gasteiger partial charge in [0.15, 0.2) is 11.5 Å². The molecule has 0 saturated carbocycles. The largest absolute Gasteiger partial charge is 0.490 e. The summed E-state index contributed by atoms with van der Waals surface area (Å²) in [7, 11) is 0. The Morgan fingerprint density at radius 3 is 2.49 bits per heavy atom. The highest BCUT2D eigenvalue weighted by Gasteiger charge is 2.36. The van der Waals surface area contributed by atoms with Crippen molar-refractivity contribution >= 4 is 68.6 Å². The van der Waals surface area contributed by atoms with Gasteiger partial charge in [0.1, 0.15) is 6.61 Å². The summed E-state index contributed by atoms with van der Waals surface area (Å²) >= 11 is 13.5. The molecule has 1 saturated heterocycles. The minimum atomic E-state index is -0.428. The van der Waals surface area contributed by atoms with Gasteiger partial charge in [-0.1, -0.05) is 65.7 Å². The van der Waals surface area contributed by atoms with E-state index in [0.29, 0.717) is 46.0 Å². The first-order valence-electron chi connectivity index (χ1n) is 11.5. The molecule has 0 atom stereocenters. The number of fused-ring (bicyclic) bond motifs is 1. The topological polar surface area (TPSA) is 55.8 Å². The Bertz CT molecular complexity index is 1550. The summed E-state index contributed by atoms with van der Waals surface area (Å²) in [6.07, 6.45) is 1.62. The van der Waals surface area contributed by atoms with Crippen LogP contribution in [0.5, 0.6) is 11.5 Å². The van der Waals surface area contributed by atoms with Crippen molar-refractivity contribution in [2.45, 2.75) is 13.5 Å². The molecule has 0 spiro atoms. The number of imide groups is 1. The molecule has 1 heterocycles. The van der Waals surface area contributed by atoms with Gasteiger partial charge in [-0.3, -0.25) is 9.59 Å². The van der Waals surface area contributed by atoms with Crippen molar-refractivity contribution in [1.82, 2.24) is 0 Å². The van der Waals surface area contributed by atoms with Gasteiger partial charge in [0.25, 0.3) is 11.1 Å². The van der Waals surface area contributed by atoms with Crippen LogP contribution in [0.1, 0.15) is 18.1 Å². The van der Waals surface area contributed by atoms with Crippen molar-refractivity contribution in [3.8, 4) is 11.5 Å².